The van der Waals surface area contributed by atoms with Crippen LogP contribution < -0.4 is 15.2 Å². The van der Waals surface area contributed by atoms with E-state index in [0.717, 1.165) is 34.3 Å². The Balaban J connectivity index is 1.54. The van der Waals surface area contributed by atoms with Crippen molar-refractivity contribution in [3.63, 3.8) is 0 Å². The summed E-state index contributed by atoms with van der Waals surface area (Å²) in [5, 5.41) is 7.77. The van der Waals surface area contributed by atoms with Crippen LogP contribution in [0.4, 0.5) is 0 Å². The van der Waals surface area contributed by atoms with Gasteiger partial charge in [-0.1, -0.05) is 56.5 Å². The molecule has 2 heterocycles. The summed E-state index contributed by atoms with van der Waals surface area (Å²) in [7, 11) is -4.69. The Bertz CT molecular complexity index is 1530. The van der Waals surface area contributed by atoms with Gasteiger partial charge in [0.1, 0.15) is 16.8 Å². The highest BCUT2D eigenvalue weighted by molar-refractivity contribution is 7.46. The summed E-state index contributed by atoms with van der Waals surface area (Å²) in [4.78, 5) is 53.0. The van der Waals surface area contributed by atoms with Crippen LogP contribution in [0.3, 0.4) is 0 Å². The first-order chi connectivity index (χ1) is 20.1. The molecule has 0 spiro atoms. The molecule has 2 amide bonds. The molecule has 4 rings (SSSR count). The molecule has 0 saturated carbocycles. The zero-order chi connectivity index (χ0) is 30.1. The minimum absolute atomic E-state index is 0.000623. The van der Waals surface area contributed by atoms with E-state index in [2.05, 4.69) is 27.1 Å². The SMILES string of the molecule is CCCCCCc1cnc([C@H](Cc2c[nH]c3ccccc23)NC(=O)[C@H](Cc2ccc(OP(=O)(O)O)cc2)NC(C)=O)s1. The van der Waals surface area contributed by atoms with E-state index in [1.54, 1.807) is 23.5 Å². The van der Waals surface area contributed by atoms with Crippen LogP contribution in [-0.4, -0.2) is 37.6 Å². The average molecular weight is 613 g/mol. The maximum Gasteiger partial charge on any atom is 0.524 e. The number of phosphoric ester groups is 1. The Kier molecular flexibility index (Phi) is 10.9. The molecular formula is C30H37N4O6PS. The van der Waals surface area contributed by atoms with Crippen molar-refractivity contribution in [1.29, 1.82) is 0 Å². The molecule has 0 unspecified atom stereocenters. The van der Waals surface area contributed by atoms with Crippen molar-refractivity contribution in [2.75, 3.05) is 0 Å². The number of nitrogens with zero attached hydrogens (tertiary/aromatic N) is 1. The van der Waals surface area contributed by atoms with Gasteiger partial charge >= 0.3 is 7.82 Å². The molecule has 10 nitrogen and oxygen atoms in total. The summed E-state index contributed by atoms with van der Waals surface area (Å²) in [6.07, 6.45) is 10.1. The maximum atomic E-state index is 13.7. The molecule has 4 aromatic rings. The maximum absolute atomic E-state index is 13.7. The summed E-state index contributed by atoms with van der Waals surface area (Å²) in [5.41, 5.74) is 2.74. The number of hydrogen-bond acceptors (Lipinski definition) is 6. The molecule has 2 atom stereocenters. The number of fused-ring (bicyclic) bond motifs is 1. The van der Waals surface area contributed by atoms with Crippen LogP contribution in [-0.2, 0) is 33.4 Å². The quantitative estimate of drug-likeness (QED) is 0.0894. The van der Waals surface area contributed by atoms with E-state index >= 15 is 0 Å². The van der Waals surface area contributed by atoms with Gasteiger partial charge in [0.2, 0.25) is 11.8 Å². The molecular weight excluding hydrogens is 575 g/mol. The molecule has 2 aromatic carbocycles. The number of aryl methyl sites for hydroxylation is 1. The number of amides is 2. The van der Waals surface area contributed by atoms with Crippen molar-refractivity contribution < 1.29 is 28.5 Å². The first-order valence-electron chi connectivity index (χ1n) is 14.0. The van der Waals surface area contributed by atoms with Gasteiger partial charge < -0.3 is 20.1 Å². The minimum atomic E-state index is -4.69. The lowest BCUT2D eigenvalue weighted by molar-refractivity contribution is -0.128. The van der Waals surface area contributed by atoms with Crippen LogP contribution in [0.25, 0.3) is 10.9 Å². The fourth-order valence-electron chi connectivity index (χ4n) is 4.83. The Hall–Kier alpha value is -3.50. The van der Waals surface area contributed by atoms with Gasteiger partial charge in [-0.05, 0) is 42.2 Å². The number of carbonyl (C=O) groups is 2. The average Bonchev–Trinajstić information content (AvgIpc) is 3.58. The first-order valence-corrected chi connectivity index (χ1v) is 16.4. The molecule has 0 aliphatic heterocycles. The lowest BCUT2D eigenvalue weighted by Crippen LogP contribution is -2.48. The van der Waals surface area contributed by atoms with E-state index in [9.17, 15) is 14.2 Å². The van der Waals surface area contributed by atoms with E-state index in [1.165, 1.54) is 43.2 Å². The Morgan fingerprint density at radius 1 is 1.05 bits per heavy atom. The van der Waals surface area contributed by atoms with Crippen LogP contribution in [0.2, 0.25) is 0 Å². The van der Waals surface area contributed by atoms with Crippen LogP contribution in [0.5, 0.6) is 5.75 Å². The first kappa shape index (κ1) is 31.4. The predicted octanol–water partition coefficient (Wildman–Crippen LogP) is 5.37. The summed E-state index contributed by atoms with van der Waals surface area (Å²) < 4.78 is 15.7. The molecule has 224 valence electrons. The number of aromatic amines is 1. The second kappa shape index (κ2) is 14.6. The number of phosphoric acid groups is 1. The number of H-pyrrole nitrogens is 1. The van der Waals surface area contributed by atoms with Crippen LogP contribution >= 0.6 is 19.2 Å². The second-order valence-electron chi connectivity index (χ2n) is 10.3. The van der Waals surface area contributed by atoms with Gasteiger partial charge in [0.05, 0.1) is 6.04 Å². The summed E-state index contributed by atoms with van der Waals surface area (Å²) >= 11 is 1.60. The second-order valence-corrected chi connectivity index (χ2v) is 12.6. The van der Waals surface area contributed by atoms with E-state index in [4.69, 9.17) is 14.8 Å². The molecule has 0 bridgehead atoms. The number of rotatable bonds is 15. The summed E-state index contributed by atoms with van der Waals surface area (Å²) in [5.74, 6) is -0.709. The van der Waals surface area contributed by atoms with Gasteiger partial charge in [-0.2, -0.15) is 0 Å². The monoisotopic (exact) mass is 612 g/mol. The topological polar surface area (TPSA) is 154 Å². The van der Waals surface area contributed by atoms with Crippen LogP contribution in [0.1, 0.15) is 66.6 Å². The van der Waals surface area contributed by atoms with E-state index in [0.29, 0.717) is 12.0 Å². The molecule has 5 N–H and O–H groups in total. The standard InChI is InChI=1S/C30H37N4O6PS/c1-3-4-5-6-9-24-19-32-30(42-24)28(17-22-18-31-26-11-8-7-10-25(22)26)34-29(36)27(33-20(2)35)16-21-12-14-23(15-13-21)40-41(37,38)39/h7-8,10-15,18-19,27-28,31H,3-6,9,16-17H2,1-2H3,(H,33,35)(H,34,36)(H2,37,38,39)/t27-,28-/m0/s1. The van der Waals surface area contributed by atoms with Crippen molar-refractivity contribution in [2.45, 2.75) is 70.9 Å². The highest BCUT2D eigenvalue weighted by Gasteiger charge is 2.26. The lowest BCUT2D eigenvalue weighted by Gasteiger charge is -2.22. The van der Waals surface area contributed by atoms with E-state index in [1.807, 2.05) is 36.7 Å². The van der Waals surface area contributed by atoms with Gasteiger partial charge in [-0.3, -0.25) is 19.4 Å². The normalized spacial score (nSPS) is 13.0. The van der Waals surface area contributed by atoms with Crippen molar-refractivity contribution in [3.05, 3.63) is 81.9 Å². The van der Waals surface area contributed by atoms with Crippen molar-refractivity contribution in [3.8, 4) is 5.75 Å². The van der Waals surface area contributed by atoms with E-state index in [-0.39, 0.29) is 24.0 Å². The minimum Gasteiger partial charge on any atom is -0.404 e. The van der Waals surface area contributed by atoms with Gasteiger partial charge in [-0.15, -0.1) is 11.3 Å². The third kappa shape index (κ3) is 9.25. The third-order valence-electron chi connectivity index (χ3n) is 6.84. The number of hydrogen-bond donors (Lipinski definition) is 5. The molecule has 0 aliphatic carbocycles. The van der Waals surface area contributed by atoms with Crippen molar-refractivity contribution >= 4 is 41.9 Å². The smallest absolute Gasteiger partial charge is 0.404 e. The highest BCUT2D eigenvalue weighted by atomic mass is 32.1. The fourth-order valence-corrected chi connectivity index (χ4v) is 6.24. The third-order valence-corrected chi connectivity index (χ3v) is 8.46. The molecule has 0 fully saturated rings. The zero-order valence-electron chi connectivity index (χ0n) is 23.7. The number of carbonyl (C=O) groups excluding carboxylic acids is 2. The number of aromatic nitrogens is 2. The Morgan fingerprint density at radius 2 is 1.81 bits per heavy atom. The number of thiazole rings is 1. The van der Waals surface area contributed by atoms with Crippen LogP contribution in [0, 0.1) is 0 Å². The Labute approximate surface area is 249 Å². The number of para-hydroxylation sites is 1. The molecule has 12 heteroatoms. The van der Waals surface area contributed by atoms with Crippen molar-refractivity contribution in [2.24, 2.45) is 0 Å². The molecule has 2 aromatic heterocycles. The Morgan fingerprint density at radius 3 is 2.52 bits per heavy atom. The summed E-state index contributed by atoms with van der Waals surface area (Å²) in [6, 6.07) is 12.7. The zero-order valence-corrected chi connectivity index (χ0v) is 25.4. The number of unbranched alkanes of at least 4 members (excludes halogenated alkanes) is 3. The van der Waals surface area contributed by atoms with Gasteiger partial charge in [0.15, 0.2) is 0 Å². The van der Waals surface area contributed by atoms with Crippen molar-refractivity contribution in [1.82, 2.24) is 20.6 Å². The predicted molar refractivity (Wildman–Crippen MR) is 163 cm³/mol. The molecule has 0 saturated heterocycles. The fraction of sp³-hybridized carbons (Fsp3) is 0.367. The molecule has 0 aliphatic rings. The van der Waals surface area contributed by atoms with Gasteiger partial charge in [-0.25, -0.2) is 9.55 Å². The largest absolute Gasteiger partial charge is 0.524 e. The number of nitrogens with one attached hydrogen (secondary N) is 3. The summed E-state index contributed by atoms with van der Waals surface area (Å²) in [6.45, 7) is 3.54. The lowest BCUT2D eigenvalue weighted by atomic mass is 10.0. The number of benzene rings is 2. The van der Waals surface area contributed by atoms with E-state index < -0.39 is 19.9 Å². The molecule has 0 radical (unpaired) electrons. The van der Waals surface area contributed by atoms with Gasteiger partial charge in [0, 0.05) is 47.9 Å². The van der Waals surface area contributed by atoms with Gasteiger partial charge in [0.25, 0.3) is 0 Å². The molecule has 42 heavy (non-hydrogen) atoms. The highest BCUT2D eigenvalue weighted by Crippen LogP contribution is 2.37. The van der Waals surface area contributed by atoms with Crippen LogP contribution in [0.15, 0.2) is 60.9 Å².